The van der Waals surface area contributed by atoms with Crippen molar-refractivity contribution in [1.29, 1.82) is 0 Å². The van der Waals surface area contributed by atoms with Crippen LogP contribution in [0.2, 0.25) is 0 Å². The minimum Gasteiger partial charge on any atom is -0.481 e. The molecule has 1 amide bonds. The maximum absolute atomic E-state index is 12.7. The van der Waals surface area contributed by atoms with Gasteiger partial charge in [0, 0.05) is 30.0 Å². The Balaban J connectivity index is 1.47. The van der Waals surface area contributed by atoms with Crippen molar-refractivity contribution in [3.8, 4) is 5.88 Å². The van der Waals surface area contributed by atoms with E-state index in [-0.39, 0.29) is 6.42 Å². The summed E-state index contributed by atoms with van der Waals surface area (Å²) in [4.78, 5) is 39.8. The fraction of sp³-hybridized carbons (Fsp3) is 0.125. The number of H-pyrrole nitrogens is 1. The van der Waals surface area contributed by atoms with E-state index in [2.05, 4.69) is 25.3 Å². The van der Waals surface area contributed by atoms with Crippen LogP contribution in [0.25, 0.3) is 23.2 Å². The van der Waals surface area contributed by atoms with E-state index in [4.69, 9.17) is 4.74 Å². The van der Waals surface area contributed by atoms with Crippen LogP contribution in [0.1, 0.15) is 39.8 Å². The summed E-state index contributed by atoms with van der Waals surface area (Å²) in [7, 11) is 1.49. The fourth-order valence-corrected chi connectivity index (χ4v) is 3.26. The van der Waals surface area contributed by atoms with Gasteiger partial charge in [0.25, 0.3) is 5.91 Å². The molecule has 4 aromatic rings. The Morgan fingerprint density at radius 3 is 2.82 bits per heavy atom. The van der Waals surface area contributed by atoms with Crippen molar-refractivity contribution >= 4 is 35.1 Å². The Morgan fingerprint density at radius 1 is 1.18 bits per heavy atom. The van der Waals surface area contributed by atoms with Gasteiger partial charge in [0.2, 0.25) is 5.88 Å². The number of carboxylic acids is 1. The molecule has 4 heterocycles. The van der Waals surface area contributed by atoms with Crippen LogP contribution in [-0.2, 0) is 4.79 Å². The lowest BCUT2D eigenvalue weighted by Crippen LogP contribution is -2.30. The molecule has 4 rings (SSSR count). The molecule has 9 heteroatoms. The van der Waals surface area contributed by atoms with Crippen LogP contribution >= 0.6 is 0 Å². The van der Waals surface area contributed by atoms with Gasteiger partial charge in [0.1, 0.15) is 5.69 Å². The van der Waals surface area contributed by atoms with Gasteiger partial charge in [-0.2, -0.15) is 0 Å². The van der Waals surface area contributed by atoms with Crippen LogP contribution in [0.4, 0.5) is 0 Å². The first-order valence-electron chi connectivity index (χ1n) is 10.1. The summed E-state index contributed by atoms with van der Waals surface area (Å²) in [6.07, 6.45) is 8.24. The molecule has 33 heavy (non-hydrogen) atoms. The number of pyridine rings is 3. The first kappa shape index (κ1) is 21.7. The molecule has 9 nitrogen and oxygen atoms in total. The maximum atomic E-state index is 12.7. The summed E-state index contributed by atoms with van der Waals surface area (Å²) in [5.74, 6) is -1.06. The lowest BCUT2D eigenvalue weighted by molar-refractivity contribution is -0.137. The standard InChI is InChI=1S/C24H21N5O4/c1-33-21-9-6-17(14-27-21)19(12-22(30)31)29-24(32)20-11-15(13-26-20)4-7-18-8-5-16-3-2-10-25-23(16)28-18/h2-11,13-14,19,26H,12H2,1H3,(H,29,32)(H,30,31)/b7-4+. The second kappa shape index (κ2) is 9.73. The predicted octanol–water partition coefficient (Wildman–Crippen LogP) is 3.48. The van der Waals surface area contributed by atoms with Gasteiger partial charge in [-0.25, -0.2) is 15.0 Å². The third kappa shape index (κ3) is 5.40. The van der Waals surface area contributed by atoms with Crippen molar-refractivity contribution in [1.82, 2.24) is 25.3 Å². The summed E-state index contributed by atoms with van der Waals surface area (Å²) < 4.78 is 5.03. The second-order valence-corrected chi connectivity index (χ2v) is 7.22. The highest BCUT2D eigenvalue weighted by Crippen LogP contribution is 2.19. The molecule has 0 saturated heterocycles. The Kier molecular flexibility index (Phi) is 6.40. The van der Waals surface area contributed by atoms with Gasteiger partial charge in [-0.15, -0.1) is 0 Å². The van der Waals surface area contributed by atoms with Crippen molar-refractivity contribution in [3.63, 3.8) is 0 Å². The number of aliphatic carboxylic acids is 1. The van der Waals surface area contributed by atoms with E-state index >= 15 is 0 Å². The molecule has 3 N–H and O–H groups in total. The number of nitrogens with zero attached hydrogens (tertiary/aromatic N) is 3. The molecule has 0 aliphatic heterocycles. The van der Waals surface area contributed by atoms with Crippen molar-refractivity contribution in [2.45, 2.75) is 12.5 Å². The zero-order chi connectivity index (χ0) is 23.2. The quantitative estimate of drug-likeness (QED) is 0.380. The first-order chi connectivity index (χ1) is 16.0. The van der Waals surface area contributed by atoms with E-state index in [1.807, 2.05) is 36.4 Å². The zero-order valence-corrected chi connectivity index (χ0v) is 17.7. The van der Waals surface area contributed by atoms with Gasteiger partial charge >= 0.3 is 5.97 Å². The molecule has 166 valence electrons. The van der Waals surface area contributed by atoms with Crippen LogP contribution in [0.5, 0.6) is 5.88 Å². The minimum atomic E-state index is -1.04. The van der Waals surface area contributed by atoms with Crippen molar-refractivity contribution < 1.29 is 19.4 Å². The van der Waals surface area contributed by atoms with E-state index < -0.39 is 17.9 Å². The van der Waals surface area contributed by atoms with Gasteiger partial charge < -0.3 is 20.1 Å². The number of hydrogen-bond donors (Lipinski definition) is 3. The molecule has 0 bridgehead atoms. The number of rotatable bonds is 8. The number of ether oxygens (including phenoxy) is 1. The average Bonchev–Trinajstić information content (AvgIpc) is 3.31. The molecule has 1 atom stereocenters. The molecule has 0 saturated carbocycles. The Hall–Kier alpha value is -4.53. The van der Waals surface area contributed by atoms with Gasteiger partial charge in [-0.1, -0.05) is 12.1 Å². The summed E-state index contributed by atoms with van der Waals surface area (Å²) in [6.45, 7) is 0. The number of carbonyl (C=O) groups is 2. The number of carboxylic acid groups (broad SMARTS) is 1. The highest BCUT2D eigenvalue weighted by Gasteiger charge is 2.20. The molecule has 0 aromatic carbocycles. The Labute approximate surface area is 189 Å². The monoisotopic (exact) mass is 443 g/mol. The lowest BCUT2D eigenvalue weighted by atomic mass is 10.1. The van der Waals surface area contributed by atoms with E-state index in [0.717, 1.165) is 16.6 Å². The van der Waals surface area contributed by atoms with Gasteiger partial charge in [-0.3, -0.25) is 9.59 Å². The van der Waals surface area contributed by atoms with Crippen LogP contribution in [0.15, 0.2) is 61.1 Å². The number of aromatic nitrogens is 4. The third-order valence-electron chi connectivity index (χ3n) is 4.94. The highest BCUT2D eigenvalue weighted by molar-refractivity contribution is 5.94. The molecule has 1 unspecified atom stereocenters. The van der Waals surface area contributed by atoms with E-state index in [9.17, 15) is 14.7 Å². The number of amides is 1. The predicted molar refractivity (Wildman–Crippen MR) is 123 cm³/mol. The highest BCUT2D eigenvalue weighted by atomic mass is 16.5. The molecule has 4 aromatic heterocycles. The minimum absolute atomic E-state index is 0.283. The van der Waals surface area contributed by atoms with Crippen molar-refractivity contribution in [2.75, 3.05) is 7.11 Å². The molecule has 0 radical (unpaired) electrons. The van der Waals surface area contributed by atoms with Crippen LogP contribution < -0.4 is 10.1 Å². The van der Waals surface area contributed by atoms with E-state index in [0.29, 0.717) is 22.8 Å². The van der Waals surface area contributed by atoms with E-state index in [1.54, 1.807) is 30.6 Å². The fourth-order valence-electron chi connectivity index (χ4n) is 3.26. The third-order valence-corrected chi connectivity index (χ3v) is 4.94. The van der Waals surface area contributed by atoms with Gasteiger partial charge in [-0.05, 0) is 47.5 Å². The molecule has 0 aliphatic rings. The molecular weight excluding hydrogens is 422 g/mol. The number of aromatic amines is 1. The summed E-state index contributed by atoms with van der Waals surface area (Å²) >= 11 is 0. The van der Waals surface area contributed by atoms with Crippen LogP contribution in [0, 0.1) is 0 Å². The van der Waals surface area contributed by atoms with E-state index in [1.165, 1.54) is 13.3 Å². The molecule has 0 fully saturated rings. The molecular formula is C24H21N5O4. The number of hydrogen-bond acceptors (Lipinski definition) is 6. The smallest absolute Gasteiger partial charge is 0.305 e. The SMILES string of the molecule is COc1ccc(C(CC(=O)O)NC(=O)c2cc(/C=C/c3ccc4cccnc4n3)c[nH]2)cn1. The number of fused-ring (bicyclic) bond motifs is 1. The maximum Gasteiger partial charge on any atom is 0.305 e. The Bertz CT molecular complexity index is 1310. The van der Waals surface area contributed by atoms with Crippen LogP contribution in [0.3, 0.4) is 0 Å². The number of methoxy groups -OCH3 is 1. The molecule has 0 aliphatic carbocycles. The summed E-state index contributed by atoms with van der Waals surface area (Å²) in [6, 6.07) is 11.9. The summed E-state index contributed by atoms with van der Waals surface area (Å²) in [5.41, 5.74) is 3.03. The number of carbonyl (C=O) groups excluding carboxylic acids is 1. The normalized spacial score (nSPS) is 12.0. The number of nitrogens with one attached hydrogen (secondary N) is 2. The first-order valence-corrected chi connectivity index (χ1v) is 10.1. The van der Waals surface area contributed by atoms with Crippen LogP contribution in [-0.4, -0.2) is 44.0 Å². The molecule has 0 spiro atoms. The van der Waals surface area contributed by atoms with Crippen molar-refractivity contribution in [3.05, 3.63) is 83.6 Å². The van der Waals surface area contributed by atoms with Gasteiger partial charge in [0.05, 0.1) is 25.3 Å². The zero-order valence-electron chi connectivity index (χ0n) is 17.7. The largest absolute Gasteiger partial charge is 0.481 e. The van der Waals surface area contributed by atoms with Gasteiger partial charge in [0.15, 0.2) is 5.65 Å². The summed E-state index contributed by atoms with van der Waals surface area (Å²) in [5, 5.41) is 13.0. The second-order valence-electron chi connectivity index (χ2n) is 7.22. The lowest BCUT2D eigenvalue weighted by Gasteiger charge is -2.17. The Morgan fingerprint density at radius 2 is 2.06 bits per heavy atom. The topological polar surface area (TPSA) is 130 Å². The average molecular weight is 443 g/mol. The van der Waals surface area contributed by atoms with Crippen molar-refractivity contribution in [2.24, 2.45) is 0 Å².